The Hall–Kier alpha value is -4.48. The predicted molar refractivity (Wildman–Crippen MR) is 127 cm³/mol. The minimum atomic E-state index is 0.0258. The van der Waals surface area contributed by atoms with Gasteiger partial charge < -0.3 is 14.6 Å². The van der Waals surface area contributed by atoms with Crippen LogP contribution in [0.4, 0.5) is 0 Å². The quantitative estimate of drug-likeness (QED) is 0.419. The summed E-state index contributed by atoms with van der Waals surface area (Å²) < 4.78 is 7.07. The van der Waals surface area contributed by atoms with Gasteiger partial charge in [0.2, 0.25) is 0 Å². The highest BCUT2D eigenvalue weighted by Gasteiger charge is 2.18. The maximum Gasteiger partial charge on any atom is 0.254 e. The Labute approximate surface area is 195 Å². The fourth-order valence-corrected chi connectivity index (χ4v) is 4.04. The smallest absolute Gasteiger partial charge is 0.254 e. The molecule has 6 rings (SSSR count). The Bertz CT molecular complexity index is 1570. The van der Waals surface area contributed by atoms with E-state index in [0.29, 0.717) is 43.2 Å². The molecule has 1 aromatic carbocycles. The van der Waals surface area contributed by atoms with Crippen LogP contribution in [0.15, 0.2) is 67.1 Å². The molecule has 1 saturated heterocycles. The van der Waals surface area contributed by atoms with Gasteiger partial charge in [0, 0.05) is 42.0 Å². The maximum absolute atomic E-state index is 12.7. The number of H-pyrrole nitrogens is 1. The average Bonchev–Trinajstić information content (AvgIpc) is 3.51. The van der Waals surface area contributed by atoms with E-state index in [2.05, 4.69) is 26.8 Å². The molecule has 0 spiro atoms. The SMILES string of the molecule is O=C(c1ccc(-c2ccc3ncc(C#Cc4c[nH]c5ncccc45)n3n2)cc1)N1CCOCC1. The monoisotopic (exact) mass is 448 g/mol. The lowest BCUT2D eigenvalue weighted by Crippen LogP contribution is -2.40. The van der Waals surface area contributed by atoms with Crippen LogP contribution in [-0.4, -0.2) is 61.7 Å². The number of pyridine rings is 1. The maximum atomic E-state index is 12.7. The number of nitrogens with one attached hydrogen (secondary N) is 1. The number of rotatable bonds is 2. The Morgan fingerprint density at radius 2 is 1.85 bits per heavy atom. The first-order valence-corrected chi connectivity index (χ1v) is 11.0. The molecule has 0 bridgehead atoms. The Morgan fingerprint density at radius 1 is 1.00 bits per heavy atom. The highest BCUT2D eigenvalue weighted by Crippen LogP contribution is 2.20. The minimum absolute atomic E-state index is 0.0258. The highest BCUT2D eigenvalue weighted by molar-refractivity contribution is 5.94. The molecule has 0 atom stereocenters. The van der Waals surface area contributed by atoms with E-state index in [1.54, 1.807) is 16.9 Å². The zero-order valence-electron chi connectivity index (χ0n) is 18.2. The van der Waals surface area contributed by atoms with Crippen LogP contribution >= 0.6 is 0 Å². The molecule has 1 N–H and O–H groups in total. The zero-order chi connectivity index (χ0) is 22.9. The van der Waals surface area contributed by atoms with Gasteiger partial charge >= 0.3 is 0 Å². The second-order valence-electron chi connectivity index (χ2n) is 7.97. The van der Waals surface area contributed by atoms with E-state index in [1.165, 1.54) is 0 Å². The molecule has 0 unspecified atom stereocenters. The molecular formula is C26H20N6O2. The number of carbonyl (C=O) groups is 1. The van der Waals surface area contributed by atoms with Crippen molar-refractivity contribution in [2.45, 2.75) is 0 Å². The van der Waals surface area contributed by atoms with Crippen molar-refractivity contribution >= 4 is 22.6 Å². The number of morpholine rings is 1. The van der Waals surface area contributed by atoms with Crippen molar-refractivity contribution in [3.63, 3.8) is 0 Å². The Kier molecular flexibility index (Phi) is 5.02. The molecule has 0 radical (unpaired) electrons. The molecule has 8 heteroatoms. The molecule has 1 aliphatic rings. The van der Waals surface area contributed by atoms with Gasteiger partial charge in [0.15, 0.2) is 5.65 Å². The summed E-state index contributed by atoms with van der Waals surface area (Å²) in [7, 11) is 0. The Balaban J connectivity index is 1.29. The molecule has 1 aliphatic heterocycles. The topological polar surface area (TPSA) is 88.4 Å². The number of hydrogen-bond donors (Lipinski definition) is 1. The number of benzene rings is 1. The zero-order valence-corrected chi connectivity index (χ0v) is 18.2. The van der Waals surface area contributed by atoms with Gasteiger partial charge in [-0.05, 0) is 42.3 Å². The van der Waals surface area contributed by atoms with Crippen molar-refractivity contribution < 1.29 is 9.53 Å². The summed E-state index contributed by atoms with van der Waals surface area (Å²) in [5.74, 6) is 6.41. The van der Waals surface area contributed by atoms with E-state index < -0.39 is 0 Å². The third-order valence-electron chi connectivity index (χ3n) is 5.86. The molecule has 0 saturated carbocycles. The molecule has 8 nitrogen and oxygen atoms in total. The summed E-state index contributed by atoms with van der Waals surface area (Å²) >= 11 is 0. The molecule has 5 aromatic rings. The fraction of sp³-hybridized carbons (Fsp3) is 0.154. The van der Waals surface area contributed by atoms with Crippen LogP contribution in [-0.2, 0) is 4.74 Å². The second-order valence-corrected chi connectivity index (χ2v) is 7.97. The van der Waals surface area contributed by atoms with Crippen molar-refractivity contribution in [3.8, 4) is 23.1 Å². The van der Waals surface area contributed by atoms with Gasteiger partial charge in [-0.15, -0.1) is 0 Å². The number of imidazole rings is 1. The summed E-state index contributed by atoms with van der Waals surface area (Å²) in [5, 5.41) is 5.73. The number of nitrogens with zero attached hydrogens (tertiary/aromatic N) is 5. The van der Waals surface area contributed by atoms with Gasteiger partial charge in [0.25, 0.3) is 5.91 Å². The van der Waals surface area contributed by atoms with Gasteiger partial charge in [-0.25, -0.2) is 14.5 Å². The van der Waals surface area contributed by atoms with E-state index in [9.17, 15) is 4.79 Å². The lowest BCUT2D eigenvalue weighted by Gasteiger charge is -2.26. The summed E-state index contributed by atoms with van der Waals surface area (Å²) in [6.45, 7) is 2.42. The first kappa shape index (κ1) is 20.1. The molecular weight excluding hydrogens is 428 g/mol. The lowest BCUT2D eigenvalue weighted by molar-refractivity contribution is 0.0303. The fourth-order valence-electron chi connectivity index (χ4n) is 4.04. The standard InChI is InChI=1S/C26H20N6O2/c33-26(31-12-14-34-15-13-31)19-5-3-18(4-6-19)23-9-10-24-28-17-21(32(24)30-23)8-7-20-16-29-25-22(20)2-1-11-27-25/h1-6,9-11,16-17H,12-15H2,(H,27,29). The predicted octanol–water partition coefficient (Wildman–Crippen LogP) is 3.14. The molecule has 4 aromatic heterocycles. The third kappa shape index (κ3) is 3.68. The van der Waals surface area contributed by atoms with Gasteiger partial charge in [0.1, 0.15) is 11.3 Å². The van der Waals surface area contributed by atoms with Crippen LogP contribution in [0.1, 0.15) is 21.6 Å². The number of hydrogen-bond acceptors (Lipinski definition) is 5. The first-order chi connectivity index (χ1) is 16.8. The number of aromatic nitrogens is 5. The van der Waals surface area contributed by atoms with E-state index in [-0.39, 0.29) is 5.91 Å². The second kappa shape index (κ2) is 8.46. The lowest BCUT2D eigenvalue weighted by atomic mass is 10.1. The van der Waals surface area contributed by atoms with Crippen LogP contribution in [0.2, 0.25) is 0 Å². The molecule has 1 fully saturated rings. The number of amides is 1. The van der Waals surface area contributed by atoms with E-state index >= 15 is 0 Å². The molecule has 166 valence electrons. The number of aromatic amines is 1. The average molecular weight is 448 g/mol. The van der Waals surface area contributed by atoms with E-state index in [0.717, 1.165) is 27.9 Å². The van der Waals surface area contributed by atoms with Crippen molar-refractivity contribution in [2.75, 3.05) is 26.3 Å². The summed E-state index contributed by atoms with van der Waals surface area (Å²) in [6, 6.07) is 15.2. The largest absolute Gasteiger partial charge is 0.378 e. The van der Waals surface area contributed by atoms with Crippen LogP contribution < -0.4 is 0 Å². The summed E-state index contributed by atoms with van der Waals surface area (Å²) in [5.41, 5.74) is 5.43. The highest BCUT2D eigenvalue weighted by atomic mass is 16.5. The van der Waals surface area contributed by atoms with Crippen molar-refractivity contribution in [1.29, 1.82) is 0 Å². The van der Waals surface area contributed by atoms with Gasteiger partial charge in [-0.3, -0.25) is 4.79 Å². The van der Waals surface area contributed by atoms with Crippen molar-refractivity contribution in [2.24, 2.45) is 0 Å². The molecule has 0 aliphatic carbocycles. The van der Waals surface area contributed by atoms with Crippen molar-refractivity contribution in [3.05, 3.63) is 83.9 Å². The number of carbonyl (C=O) groups excluding carboxylic acids is 1. The molecule has 5 heterocycles. The Morgan fingerprint density at radius 3 is 2.71 bits per heavy atom. The molecule has 1 amide bonds. The van der Waals surface area contributed by atoms with Gasteiger partial charge in [-0.2, -0.15) is 5.10 Å². The van der Waals surface area contributed by atoms with Gasteiger partial charge in [-0.1, -0.05) is 18.1 Å². The van der Waals surface area contributed by atoms with Gasteiger partial charge in [0.05, 0.1) is 30.7 Å². The normalized spacial score (nSPS) is 13.7. The number of ether oxygens (including phenoxy) is 1. The van der Waals surface area contributed by atoms with Crippen LogP contribution in [0.3, 0.4) is 0 Å². The van der Waals surface area contributed by atoms with Crippen LogP contribution in [0.5, 0.6) is 0 Å². The van der Waals surface area contributed by atoms with E-state index in [4.69, 9.17) is 9.84 Å². The van der Waals surface area contributed by atoms with Crippen molar-refractivity contribution in [1.82, 2.24) is 29.5 Å². The summed E-state index contributed by atoms with van der Waals surface area (Å²) in [4.78, 5) is 26.4. The van der Waals surface area contributed by atoms with Crippen LogP contribution in [0.25, 0.3) is 27.9 Å². The molecule has 34 heavy (non-hydrogen) atoms. The summed E-state index contributed by atoms with van der Waals surface area (Å²) in [6.07, 6.45) is 5.32. The third-order valence-corrected chi connectivity index (χ3v) is 5.86. The number of fused-ring (bicyclic) bond motifs is 2. The van der Waals surface area contributed by atoms with E-state index in [1.807, 2.05) is 59.6 Å². The minimum Gasteiger partial charge on any atom is -0.378 e. The van der Waals surface area contributed by atoms with Crippen LogP contribution in [0, 0.1) is 11.8 Å². The first-order valence-electron chi connectivity index (χ1n) is 11.0.